The summed E-state index contributed by atoms with van der Waals surface area (Å²) in [6, 6.07) is 0. The van der Waals surface area contributed by atoms with Crippen LogP contribution in [0.2, 0.25) is 0 Å². The number of carbonyl (C=O) groups excluding carboxylic acids is 2. The molecular formula is C53H88O15. The fraction of sp³-hybridized carbons (Fsp3) is 0.736. The highest BCUT2D eigenvalue weighted by atomic mass is 16.7. The highest BCUT2D eigenvalue weighted by Crippen LogP contribution is 2.26. The van der Waals surface area contributed by atoms with E-state index in [1.807, 2.05) is 6.08 Å². The van der Waals surface area contributed by atoms with Gasteiger partial charge in [-0.25, -0.2) is 0 Å². The molecule has 0 amide bonds. The van der Waals surface area contributed by atoms with Gasteiger partial charge in [0.05, 0.1) is 19.8 Å². The molecule has 11 atom stereocenters. The van der Waals surface area contributed by atoms with E-state index in [0.29, 0.717) is 19.3 Å². The maximum atomic E-state index is 13.0. The zero-order valence-electron chi connectivity index (χ0n) is 41.1. The number of ether oxygens (including phenoxy) is 6. The van der Waals surface area contributed by atoms with Crippen molar-refractivity contribution in [2.75, 3.05) is 26.4 Å². The van der Waals surface area contributed by atoms with Crippen molar-refractivity contribution < 1.29 is 73.8 Å². The second-order valence-electron chi connectivity index (χ2n) is 17.6. The fourth-order valence-corrected chi connectivity index (χ4v) is 7.48. The Kier molecular flexibility index (Phi) is 35.6. The van der Waals surface area contributed by atoms with Crippen LogP contribution in [0.4, 0.5) is 0 Å². The Morgan fingerprint density at radius 1 is 0.485 bits per heavy atom. The van der Waals surface area contributed by atoms with Gasteiger partial charge in [-0.15, -0.1) is 0 Å². The number of carbonyl (C=O) groups is 2. The maximum Gasteiger partial charge on any atom is 0.306 e. The molecule has 4 unspecified atom stereocenters. The van der Waals surface area contributed by atoms with Crippen LogP contribution in [0.5, 0.6) is 0 Å². The van der Waals surface area contributed by atoms with Crippen LogP contribution in [-0.2, 0) is 38.0 Å². The molecule has 2 rings (SSSR count). The Balaban J connectivity index is 1.86. The molecule has 0 aliphatic carbocycles. The molecule has 15 heteroatoms. The first-order valence-corrected chi connectivity index (χ1v) is 25.5. The molecule has 0 saturated carbocycles. The van der Waals surface area contributed by atoms with E-state index in [9.17, 15) is 45.3 Å². The van der Waals surface area contributed by atoms with E-state index in [2.05, 4.69) is 80.7 Å². The Labute approximate surface area is 406 Å². The van der Waals surface area contributed by atoms with Gasteiger partial charge in [-0.05, 0) is 77.0 Å². The molecule has 0 bridgehead atoms. The van der Waals surface area contributed by atoms with E-state index in [1.54, 1.807) is 0 Å². The van der Waals surface area contributed by atoms with E-state index in [0.717, 1.165) is 51.4 Å². The minimum atomic E-state index is -1.78. The summed E-state index contributed by atoms with van der Waals surface area (Å²) < 4.78 is 33.5. The van der Waals surface area contributed by atoms with Gasteiger partial charge in [0.2, 0.25) is 0 Å². The van der Waals surface area contributed by atoms with Crippen molar-refractivity contribution >= 4 is 11.9 Å². The number of unbranched alkanes of at least 4 members (excludes halogenated alkanes) is 12. The van der Waals surface area contributed by atoms with Crippen LogP contribution in [0.1, 0.15) is 155 Å². The SMILES string of the molecule is CC/C=C/C/C=C/C/C=C/C/C=C/CCCCC(=O)OC[C@H](CO[C@H]1O[C@@H](CO[C@H]2O[C@@H](CO)[C@@H](O)C(O)C2O)[C@@H](O)C(O)C1O)OC(=O)CCC/C=C/C/C=C/CCCCCCCCCCC. The molecule has 390 valence electrons. The molecule has 0 aromatic carbocycles. The topological polar surface area (TPSA) is 231 Å². The predicted molar refractivity (Wildman–Crippen MR) is 261 cm³/mol. The molecule has 2 fully saturated rings. The van der Waals surface area contributed by atoms with Crippen LogP contribution >= 0.6 is 0 Å². The lowest BCUT2D eigenvalue weighted by atomic mass is 9.98. The van der Waals surface area contributed by atoms with Crippen molar-refractivity contribution in [3.63, 3.8) is 0 Å². The van der Waals surface area contributed by atoms with Crippen molar-refractivity contribution in [2.24, 2.45) is 0 Å². The van der Waals surface area contributed by atoms with E-state index in [-0.39, 0.29) is 19.4 Å². The predicted octanol–water partition coefficient (Wildman–Crippen LogP) is 7.04. The third-order valence-corrected chi connectivity index (χ3v) is 11.7. The van der Waals surface area contributed by atoms with Gasteiger partial charge in [-0.2, -0.15) is 0 Å². The van der Waals surface area contributed by atoms with E-state index in [1.165, 1.54) is 57.8 Å². The van der Waals surface area contributed by atoms with Gasteiger partial charge >= 0.3 is 11.9 Å². The second kappa shape index (κ2) is 39.6. The number of esters is 2. The molecule has 2 aliphatic rings. The molecule has 2 heterocycles. The molecule has 15 nitrogen and oxygen atoms in total. The first-order chi connectivity index (χ1) is 33.0. The summed E-state index contributed by atoms with van der Waals surface area (Å²) in [4.78, 5) is 25.7. The number of aliphatic hydroxyl groups is 7. The number of aliphatic hydroxyl groups excluding tert-OH is 7. The highest BCUT2D eigenvalue weighted by Gasteiger charge is 2.47. The summed E-state index contributed by atoms with van der Waals surface area (Å²) in [5.74, 6) is -1.03. The van der Waals surface area contributed by atoms with Crippen LogP contribution in [0, 0.1) is 0 Å². The quantitative estimate of drug-likeness (QED) is 0.0187. The highest BCUT2D eigenvalue weighted by molar-refractivity contribution is 5.70. The van der Waals surface area contributed by atoms with Gasteiger partial charge in [0.25, 0.3) is 0 Å². The second-order valence-corrected chi connectivity index (χ2v) is 17.6. The fourth-order valence-electron chi connectivity index (χ4n) is 7.48. The summed E-state index contributed by atoms with van der Waals surface area (Å²) in [7, 11) is 0. The summed E-state index contributed by atoms with van der Waals surface area (Å²) in [6.07, 6.45) is 29.5. The maximum absolute atomic E-state index is 13.0. The molecule has 7 N–H and O–H groups in total. The van der Waals surface area contributed by atoms with E-state index in [4.69, 9.17) is 28.4 Å². The Hall–Kier alpha value is -3.06. The van der Waals surface area contributed by atoms with Crippen molar-refractivity contribution in [3.05, 3.63) is 72.9 Å². The monoisotopic (exact) mass is 965 g/mol. The molecule has 0 aromatic heterocycles. The lowest BCUT2D eigenvalue weighted by Gasteiger charge is -2.42. The van der Waals surface area contributed by atoms with Gasteiger partial charge in [-0.3, -0.25) is 9.59 Å². The molecule has 2 saturated heterocycles. The van der Waals surface area contributed by atoms with Crippen LogP contribution in [0.3, 0.4) is 0 Å². The van der Waals surface area contributed by atoms with Gasteiger partial charge in [-0.1, -0.05) is 138 Å². The number of hydrogen-bond acceptors (Lipinski definition) is 15. The van der Waals surface area contributed by atoms with Crippen LogP contribution in [0.25, 0.3) is 0 Å². The van der Waals surface area contributed by atoms with Crippen LogP contribution in [-0.4, -0.2) is 142 Å². The number of rotatable bonds is 38. The lowest BCUT2D eigenvalue weighted by molar-refractivity contribution is -0.332. The van der Waals surface area contributed by atoms with E-state index < -0.39 is 99.3 Å². The van der Waals surface area contributed by atoms with Crippen molar-refractivity contribution in [3.8, 4) is 0 Å². The third kappa shape index (κ3) is 27.4. The zero-order valence-corrected chi connectivity index (χ0v) is 41.1. The summed E-state index contributed by atoms with van der Waals surface area (Å²) >= 11 is 0. The summed E-state index contributed by atoms with van der Waals surface area (Å²) in [6.45, 7) is 2.37. The average Bonchev–Trinajstić information content (AvgIpc) is 3.33. The van der Waals surface area contributed by atoms with Crippen molar-refractivity contribution in [1.82, 2.24) is 0 Å². The molecule has 0 spiro atoms. The average molecular weight is 965 g/mol. The lowest BCUT2D eigenvalue weighted by Crippen LogP contribution is -2.61. The minimum Gasteiger partial charge on any atom is -0.462 e. The molecular weight excluding hydrogens is 877 g/mol. The molecule has 0 radical (unpaired) electrons. The smallest absolute Gasteiger partial charge is 0.306 e. The van der Waals surface area contributed by atoms with Gasteiger partial charge in [0, 0.05) is 12.8 Å². The Bertz CT molecular complexity index is 1460. The van der Waals surface area contributed by atoms with Crippen molar-refractivity contribution in [2.45, 2.75) is 223 Å². The normalized spacial score (nSPS) is 26.4. The standard InChI is InChI=1S/C53H88O15/c1-3-5-7-9-11-13-15-17-19-20-22-24-26-28-30-32-34-36-45(56)66-41(38-63-44(55)35-33-31-29-27-25-23-21-18-16-14-12-10-8-6-4-2)39-64-52-51(62)49(60)47(58)43(68-52)40-65-53-50(61)48(59)46(57)42(37-54)67-53/h6,8,12,14,18,21-22,24-25,27-28,30,41-43,46-54,57-62H,3-5,7,9-11,13,15-17,19-20,23,26,29,31-40H2,1-2H3/b8-6+,14-12+,21-18+,24-22+,27-25+,30-28+/t41-,42+,43+,46-,47-,48?,49?,50?,51?,52+,53+/m1/s1. The first kappa shape index (κ1) is 61.1. The summed E-state index contributed by atoms with van der Waals surface area (Å²) in [5, 5.41) is 72.0. The van der Waals surface area contributed by atoms with E-state index >= 15 is 0 Å². The number of allylic oxidation sites excluding steroid dienone is 12. The van der Waals surface area contributed by atoms with Crippen molar-refractivity contribution in [1.29, 1.82) is 0 Å². The number of hydrogen-bond donors (Lipinski definition) is 7. The van der Waals surface area contributed by atoms with Gasteiger partial charge in [0.15, 0.2) is 18.7 Å². The zero-order chi connectivity index (χ0) is 49.6. The first-order valence-electron chi connectivity index (χ1n) is 25.5. The van der Waals surface area contributed by atoms with Gasteiger partial charge in [0.1, 0.15) is 55.4 Å². The third-order valence-electron chi connectivity index (χ3n) is 11.7. The molecule has 0 aromatic rings. The molecule has 68 heavy (non-hydrogen) atoms. The van der Waals surface area contributed by atoms with Crippen LogP contribution in [0.15, 0.2) is 72.9 Å². The molecule has 2 aliphatic heterocycles. The van der Waals surface area contributed by atoms with Crippen LogP contribution < -0.4 is 0 Å². The summed E-state index contributed by atoms with van der Waals surface area (Å²) in [5.41, 5.74) is 0. The Morgan fingerprint density at radius 2 is 0.941 bits per heavy atom. The van der Waals surface area contributed by atoms with Gasteiger partial charge < -0.3 is 64.2 Å². The largest absolute Gasteiger partial charge is 0.462 e. The Morgan fingerprint density at radius 3 is 1.50 bits per heavy atom. The minimum absolute atomic E-state index is 0.0886.